The number of carbonyl (C=O) groups is 1. The largest absolute Gasteiger partial charge is 0.573 e. The molecule has 2 nitrogen and oxygen atoms in total. The van der Waals surface area contributed by atoms with Crippen LogP contribution in [-0.2, 0) is 4.79 Å². The third-order valence-corrected chi connectivity index (χ3v) is 3.42. The van der Waals surface area contributed by atoms with Crippen LogP contribution in [0.25, 0.3) is 0 Å². The number of carbonyl (C=O) groups excluding carboxylic acids is 1. The smallest absolute Gasteiger partial charge is 0.405 e. The molecule has 1 rings (SSSR count). The maximum Gasteiger partial charge on any atom is 0.573 e. The lowest BCUT2D eigenvalue weighted by Gasteiger charge is -2.16. The Bertz CT molecular complexity index is 528. The topological polar surface area (TPSA) is 26.3 Å². The number of benzene rings is 1. The Morgan fingerprint density at radius 1 is 1.24 bits per heavy atom. The molecule has 0 spiro atoms. The summed E-state index contributed by atoms with van der Waals surface area (Å²) in [7, 11) is 0. The Balaban J connectivity index is 3.23. The molecule has 0 saturated heterocycles. The van der Waals surface area contributed by atoms with Gasteiger partial charge in [0.15, 0.2) is 5.78 Å². The van der Waals surface area contributed by atoms with E-state index in [4.69, 9.17) is 11.6 Å². The lowest BCUT2D eigenvalue weighted by Crippen LogP contribution is -2.18. The highest BCUT2D eigenvalue weighted by Crippen LogP contribution is 2.44. The first kappa shape index (κ1) is 18.0. The molecule has 0 saturated carbocycles. The van der Waals surface area contributed by atoms with Crippen molar-refractivity contribution in [1.29, 1.82) is 0 Å². The molecule has 0 aliphatic rings. The molecule has 1 atom stereocenters. The molecule has 0 bridgehead atoms. The molecule has 0 heterocycles. The van der Waals surface area contributed by atoms with E-state index in [0.717, 1.165) is 19.1 Å². The van der Waals surface area contributed by atoms with E-state index in [0.29, 0.717) is 6.07 Å². The molecule has 10 heteroatoms. The summed E-state index contributed by atoms with van der Waals surface area (Å²) in [6, 6.07) is 2.48. The van der Waals surface area contributed by atoms with Crippen LogP contribution in [-0.4, -0.2) is 17.7 Å². The molecule has 1 unspecified atom stereocenters. The second-order valence-corrected chi connectivity index (χ2v) is 5.32. The molecule has 0 amide bonds. The van der Waals surface area contributed by atoms with Gasteiger partial charge in [0, 0.05) is 0 Å². The average Bonchev–Trinajstić information content (AvgIpc) is 2.26. The van der Waals surface area contributed by atoms with Crippen LogP contribution in [0.4, 0.5) is 26.3 Å². The first-order valence-electron chi connectivity index (χ1n) is 5.19. The van der Waals surface area contributed by atoms with Crippen molar-refractivity contribution in [2.75, 3.05) is 0 Å². The molecule has 0 aliphatic carbocycles. The van der Waals surface area contributed by atoms with E-state index in [1.165, 1.54) is 0 Å². The number of halogens is 7. The summed E-state index contributed by atoms with van der Waals surface area (Å²) in [4.78, 5) is 10.3. The zero-order chi connectivity index (χ0) is 16.4. The molecule has 21 heavy (non-hydrogen) atoms. The maximum atomic E-state index is 12.3. The van der Waals surface area contributed by atoms with E-state index in [-0.39, 0.29) is 5.56 Å². The average molecular weight is 353 g/mol. The van der Waals surface area contributed by atoms with Crippen LogP contribution in [0.2, 0.25) is 0 Å². The first-order chi connectivity index (χ1) is 9.39. The number of rotatable bonds is 4. The fourth-order valence-electron chi connectivity index (χ4n) is 1.33. The van der Waals surface area contributed by atoms with E-state index < -0.39 is 45.4 Å². The summed E-state index contributed by atoms with van der Waals surface area (Å²) < 4.78 is 77.1. The van der Waals surface area contributed by atoms with Crippen LogP contribution in [0.3, 0.4) is 0 Å². The van der Waals surface area contributed by atoms with E-state index in [9.17, 15) is 31.1 Å². The minimum Gasteiger partial charge on any atom is -0.405 e. The number of Topliss-reactive ketones (excluding diaryl/α,β-unsaturated/α-hetero) is 1. The van der Waals surface area contributed by atoms with Crippen molar-refractivity contribution >= 4 is 29.1 Å². The molecule has 0 radical (unpaired) electrons. The summed E-state index contributed by atoms with van der Waals surface area (Å²) in [6.07, 6.45) is -5.17. The van der Waals surface area contributed by atoms with Gasteiger partial charge in [-0.3, -0.25) is 4.79 Å². The fraction of sp³-hybridized carbons (Fsp3) is 0.364. The summed E-state index contributed by atoms with van der Waals surface area (Å²) in [6.45, 7) is 1.10. The Morgan fingerprint density at radius 3 is 2.24 bits per heavy atom. The monoisotopic (exact) mass is 352 g/mol. The highest BCUT2D eigenvalue weighted by Gasteiger charge is 2.36. The third-order valence-electron chi connectivity index (χ3n) is 2.07. The summed E-state index contributed by atoms with van der Waals surface area (Å²) >= 11 is 4.90. The maximum absolute atomic E-state index is 12.3. The molecule has 0 N–H and O–H groups in total. The molecule has 118 valence electrons. The Morgan fingerprint density at radius 2 is 1.81 bits per heavy atom. The van der Waals surface area contributed by atoms with Gasteiger partial charge in [0.1, 0.15) is 11.1 Å². The second kappa shape index (κ2) is 6.35. The van der Waals surface area contributed by atoms with Gasteiger partial charge in [-0.15, -0.1) is 24.8 Å². The van der Waals surface area contributed by atoms with Crippen LogP contribution < -0.4 is 4.74 Å². The van der Waals surface area contributed by atoms with E-state index >= 15 is 0 Å². The normalized spacial score (nSPS) is 13.9. The van der Waals surface area contributed by atoms with Crippen molar-refractivity contribution in [3.05, 3.63) is 23.8 Å². The van der Waals surface area contributed by atoms with Gasteiger partial charge in [-0.25, -0.2) is 0 Å². The van der Waals surface area contributed by atoms with Gasteiger partial charge in [0.05, 0.1) is 4.90 Å². The number of ether oxygens (including phenoxy) is 1. The van der Waals surface area contributed by atoms with Crippen molar-refractivity contribution in [3.63, 3.8) is 0 Å². The zero-order valence-electron chi connectivity index (χ0n) is 10.2. The van der Waals surface area contributed by atoms with Gasteiger partial charge in [0.2, 0.25) is 0 Å². The second-order valence-electron chi connectivity index (χ2n) is 3.77. The van der Waals surface area contributed by atoms with Gasteiger partial charge >= 0.3 is 11.9 Å². The van der Waals surface area contributed by atoms with Crippen LogP contribution in [0.5, 0.6) is 5.75 Å². The minimum absolute atomic E-state index is 0.0880. The van der Waals surface area contributed by atoms with Gasteiger partial charge in [-0.1, -0.05) is 6.07 Å². The van der Waals surface area contributed by atoms with Crippen LogP contribution in [0, 0.1) is 0 Å². The lowest BCUT2D eigenvalue weighted by molar-refractivity contribution is -0.275. The molecular weight excluding hydrogens is 346 g/mol. The van der Waals surface area contributed by atoms with Gasteiger partial charge in [-0.2, -0.15) is 13.2 Å². The zero-order valence-corrected chi connectivity index (χ0v) is 11.8. The quantitative estimate of drug-likeness (QED) is 0.430. The Kier molecular flexibility index (Phi) is 5.43. The van der Waals surface area contributed by atoms with E-state index in [1.807, 2.05) is 0 Å². The first-order valence-corrected chi connectivity index (χ1v) is 6.44. The fourth-order valence-corrected chi connectivity index (χ4v) is 2.05. The highest BCUT2D eigenvalue weighted by molar-refractivity contribution is 8.00. The van der Waals surface area contributed by atoms with Crippen molar-refractivity contribution in [1.82, 2.24) is 0 Å². The SMILES string of the molecule is CC(=O)C(Cl)c1ccc(SC(F)(F)F)c(OC(F)(F)F)c1. The number of alkyl halides is 7. The Hall–Kier alpha value is -1.09. The predicted octanol–water partition coefficient (Wildman–Crippen LogP) is 5.07. The van der Waals surface area contributed by atoms with Crippen LogP contribution in [0.15, 0.2) is 23.1 Å². The third kappa shape index (κ3) is 6.04. The minimum atomic E-state index is -5.17. The molecule has 0 fully saturated rings. The summed E-state index contributed by atoms with van der Waals surface area (Å²) in [5, 5.41) is -1.27. The van der Waals surface area contributed by atoms with Gasteiger partial charge in [0.25, 0.3) is 0 Å². The van der Waals surface area contributed by atoms with E-state index in [1.54, 1.807) is 0 Å². The molecular formula is C11H7ClF6O2S. The standard InChI is InChI=1S/C11H7ClF6O2S/c1-5(19)9(12)6-2-3-8(21-11(16,17)18)7(4-6)20-10(13,14)15/h2-4,9H,1H3. The number of hydrogen-bond acceptors (Lipinski definition) is 3. The van der Waals surface area contributed by atoms with E-state index in [2.05, 4.69) is 4.74 Å². The Labute approximate surface area is 124 Å². The van der Waals surface area contributed by atoms with Crippen molar-refractivity contribution < 1.29 is 35.9 Å². The molecule has 0 aliphatic heterocycles. The predicted molar refractivity (Wildman–Crippen MR) is 64.3 cm³/mol. The van der Waals surface area contributed by atoms with Crippen LogP contribution >= 0.6 is 23.4 Å². The number of hydrogen-bond donors (Lipinski definition) is 0. The van der Waals surface area contributed by atoms with Crippen molar-refractivity contribution in [3.8, 4) is 5.75 Å². The van der Waals surface area contributed by atoms with Crippen molar-refractivity contribution in [2.45, 2.75) is 29.1 Å². The van der Waals surface area contributed by atoms with Crippen molar-refractivity contribution in [2.24, 2.45) is 0 Å². The van der Waals surface area contributed by atoms with Gasteiger partial charge < -0.3 is 4.74 Å². The number of ketones is 1. The summed E-state index contributed by atoms with van der Waals surface area (Å²) in [5.74, 6) is -1.62. The highest BCUT2D eigenvalue weighted by atomic mass is 35.5. The van der Waals surface area contributed by atoms with Gasteiger partial charge in [-0.05, 0) is 36.4 Å². The van der Waals surface area contributed by atoms with Crippen LogP contribution in [0.1, 0.15) is 17.9 Å². The molecule has 1 aromatic carbocycles. The molecule has 0 aromatic heterocycles. The number of thioether (sulfide) groups is 1. The summed E-state index contributed by atoms with van der Waals surface area (Å²) in [5.41, 5.74) is -4.87. The lowest BCUT2D eigenvalue weighted by atomic mass is 10.1. The molecule has 1 aromatic rings.